The smallest absolute Gasteiger partial charge is 0.252 e. The molecule has 0 aliphatic carbocycles. The number of carbonyl (C=O) groups excluding carboxylic acids is 1. The lowest BCUT2D eigenvalue weighted by molar-refractivity contribution is 0.0940. The third-order valence-corrected chi connectivity index (χ3v) is 4.19. The molecule has 0 heterocycles. The van der Waals surface area contributed by atoms with Crippen LogP contribution in [0, 0.1) is 11.2 Å². The highest BCUT2D eigenvalue weighted by molar-refractivity contribution is 9.09. The maximum atomic E-state index is 13.2. The summed E-state index contributed by atoms with van der Waals surface area (Å²) in [5.74, 6) is -0.942. The van der Waals surface area contributed by atoms with Gasteiger partial charge in [-0.2, -0.15) is 0 Å². The average molecular weight is 323 g/mol. The van der Waals surface area contributed by atoms with E-state index >= 15 is 0 Å². The van der Waals surface area contributed by atoms with Gasteiger partial charge in [-0.1, -0.05) is 47.4 Å². The average Bonchev–Trinajstić information content (AvgIpc) is 2.30. The first-order chi connectivity index (χ1) is 7.87. The molecular weight excluding hydrogens is 308 g/mol. The van der Waals surface area contributed by atoms with Crippen molar-refractivity contribution in [3.8, 4) is 0 Å². The molecule has 17 heavy (non-hydrogen) atoms. The van der Waals surface area contributed by atoms with Crippen molar-refractivity contribution in [3.63, 3.8) is 0 Å². The Hall–Kier alpha value is -0.610. The second kappa shape index (κ2) is 5.83. The quantitative estimate of drug-likeness (QED) is 0.843. The van der Waals surface area contributed by atoms with Crippen LogP contribution in [-0.4, -0.2) is 17.8 Å². The van der Waals surface area contributed by atoms with Gasteiger partial charge < -0.3 is 5.32 Å². The largest absolute Gasteiger partial charge is 0.351 e. The first kappa shape index (κ1) is 14.5. The van der Waals surface area contributed by atoms with Crippen LogP contribution in [0.4, 0.5) is 4.39 Å². The number of alkyl halides is 1. The second-order valence-corrected chi connectivity index (χ2v) is 5.52. The molecule has 0 saturated carbocycles. The molecule has 0 aromatic heterocycles. The van der Waals surface area contributed by atoms with Crippen LogP contribution in [0.2, 0.25) is 5.02 Å². The zero-order valence-electron chi connectivity index (χ0n) is 9.69. The minimum Gasteiger partial charge on any atom is -0.351 e. The summed E-state index contributed by atoms with van der Waals surface area (Å²) >= 11 is 9.09. The fourth-order valence-corrected chi connectivity index (χ4v) is 1.55. The van der Waals surface area contributed by atoms with Crippen molar-refractivity contribution in [2.45, 2.75) is 13.8 Å². The fourth-order valence-electron chi connectivity index (χ4n) is 1.14. The summed E-state index contributed by atoms with van der Waals surface area (Å²) in [5, 5.41) is 3.36. The van der Waals surface area contributed by atoms with Crippen LogP contribution in [0.1, 0.15) is 24.2 Å². The second-order valence-electron chi connectivity index (χ2n) is 4.58. The van der Waals surface area contributed by atoms with Crippen molar-refractivity contribution in [1.29, 1.82) is 0 Å². The molecule has 0 bridgehead atoms. The van der Waals surface area contributed by atoms with E-state index in [9.17, 15) is 9.18 Å². The molecule has 5 heteroatoms. The Labute approximate surface area is 114 Å². The van der Waals surface area contributed by atoms with E-state index < -0.39 is 5.82 Å². The number of hydrogen-bond acceptors (Lipinski definition) is 1. The van der Waals surface area contributed by atoms with Crippen LogP contribution < -0.4 is 5.32 Å². The van der Waals surface area contributed by atoms with Crippen molar-refractivity contribution >= 4 is 33.4 Å². The summed E-state index contributed by atoms with van der Waals surface area (Å²) < 4.78 is 13.2. The zero-order chi connectivity index (χ0) is 13.1. The fraction of sp³-hybridized carbons (Fsp3) is 0.417. The van der Waals surface area contributed by atoms with Crippen LogP contribution in [0.15, 0.2) is 18.2 Å². The Kier molecular flexibility index (Phi) is 4.95. The van der Waals surface area contributed by atoms with Crippen LogP contribution >= 0.6 is 27.5 Å². The molecule has 1 aromatic rings. The van der Waals surface area contributed by atoms with Crippen LogP contribution in [0.5, 0.6) is 0 Å². The molecule has 1 amide bonds. The molecule has 0 atom stereocenters. The number of halogens is 3. The number of hydrogen-bond donors (Lipinski definition) is 1. The Balaban J connectivity index is 2.74. The van der Waals surface area contributed by atoms with Gasteiger partial charge in [-0.25, -0.2) is 4.39 Å². The Morgan fingerprint density at radius 2 is 2.18 bits per heavy atom. The number of rotatable bonds is 4. The van der Waals surface area contributed by atoms with Gasteiger partial charge >= 0.3 is 0 Å². The summed E-state index contributed by atoms with van der Waals surface area (Å²) in [6.07, 6.45) is 0. The minimum atomic E-state index is -0.584. The number of benzene rings is 1. The maximum absolute atomic E-state index is 13.2. The highest BCUT2D eigenvalue weighted by atomic mass is 79.9. The standard InChI is InChI=1S/C12H14BrClFNO/c1-12(2,6-13)7-16-11(17)8-4-3-5-9(15)10(8)14/h3-5H,6-7H2,1-2H3,(H,16,17). The third-order valence-electron chi connectivity index (χ3n) is 2.29. The van der Waals surface area contributed by atoms with E-state index in [2.05, 4.69) is 21.2 Å². The highest BCUT2D eigenvalue weighted by Crippen LogP contribution is 2.20. The number of nitrogens with one attached hydrogen (secondary N) is 1. The molecular formula is C12H14BrClFNO. The van der Waals surface area contributed by atoms with E-state index in [-0.39, 0.29) is 21.9 Å². The topological polar surface area (TPSA) is 29.1 Å². The van der Waals surface area contributed by atoms with Crippen LogP contribution in [0.25, 0.3) is 0 Å². The first-order valence-electron chi connectivity index (χ1n) is 5.15. The van der Waals surface area contributed by atoms with Gasteiger partial charge in [0.15, 0.2) is 0 Å². The Morgan fingerprint density at radius 1 is 1.53 bits per heavy atom. The monoisotopic (exact) mass is 321 g/mol. The Bertz CT molecular complexity index is 423. The van der Waals surface area contributed by atoms with E-state index in [1.165, 1.54) is 18.2 Å². The summed E-state index contributed by atoms with van der Waals surface area (Å²) in [5.41, 5.74) is 0.104. The van der Waals surface area contributed by atoms with Gasteiger partial charge in [-0.05, 0) is 17.5 Å². The molecule has 0 saturated heterocycles. The molecule has 1 rings (SSSR count). The molecule has 1 aromatic carbocycles. The molecule has 0 fully saturated rings. The molecule has 0 aliphatic rings. The van der Waals surface area contributed by atoms with Gasteiger partial charge in [-0.15, -0.1) is 0 Å². The number of carbonyl (C=O) groups is 1. The first-order valence-corrected chi connectivity index (χ1v) is 6.65. The van der Waals surface area contributed by atoms with Crippen molar-refractivity contribution in [3.05, 3.63) is 34.6 Å². The van der Waals surface area contributed by atoms with Gasteiger partial charge in [0, 0.05) is 11.9 Å². The lowest BCUT2D eigenvalue weighted by Crippen LogP contribution is -2.35. The molecule has 1 N–H and O–H groups in total. The zero-order valence-corrected chi connectivity index (χ0v) is 12.0. The van der Waals surface area contributed by atoms with Gasteiger partial charge in [-0.3, -0.25) is 4.79 Å². The van der Waals surface area contributed by atoms with Gasteiger partial charge in [0.1, 0.15) is 5.82 Å². The van der Waals surface area contributed by atoms with E-state index in [4.69, 9.17) is 11.6 Å². The molecule has 0 radical (unpaired) electrons. The van der Waals surface area contributed by atoms with Crippen LogP contribution in [0.3, 0.4) is 0 Å². The number of amides is 1. The van der Waals surface area contributed by atoms with Crippen molar-refractivity contribution in [1.82, 2.24) is 5.32 Å². The van der Waals surface area contributed by atoms with Crippen molar-refractivity contribution in [2.24, 2.45) is 5.41 Å². The third kappa shape index (κ3) is 3.96. The van der Waals surface area contributed by atoms with Gasteiger partial charge in [0.25, 0.3) is 5.91 Å². The lowest BCUT2D eigenvalue weighted by atomic mass is 9.97. The molecule has 2 nitrogen and oxygen atoms in total. The van der Waals surface area contributed by atoms with E-state index in [0.717, 1.165) is 5.33 Å². The SMILES string of the molecule is CC(C)(CBr)CNC(=O)c1cccc(F)c1Cl. The highest BCUT2D eigenvalue weighted by Gasteiger charge is 2.19. The van der Waals surface area contributed by atoms with Gasteiger partial charge in [0.2, 0.25) is 0 Å². The van der Waals surface area contributed by atoms with Crippen LogP contribution in [-0.2, 0) is 0 Å². The minimum absolute atomic E-state index is 0.0601. The summed E-state index contributed by atoms with van der Waals surface area (Å²) in [6, 6.07) is 4.19. The molecule has 0 unspecified atom stereocenters. The molecule has 0 aliphatic heterocycles. The van der Waals surface area contributed by atoms with Gasteiger partial charge in [0.05, 0.1) is 10.6 Å². The predicted octanol–water partition coefficient (Wildman–Crippen LogP) is 3.63. The summed E-state index contributed by atoms with van der Waals surface area (Å²) in [7, 11) is 0. The molecule has 94 valence electrons. The normalized spacial score (nSPS) is 11.4. The van der Waals surface area contributed by atoms with Crippen molar-refractivity contribution in [2.75, 3.05) is 11.9 Å². The van der Waals surface area contributed by atoms with E-state index in [1.54, 1.807) is 0 Å². The van der Waals surface area contributed by atoms with E-state index in [1.807, 2.05) is 13.8 Å². The lowest BCUT2D eigenvalue weighted by Gasteiger charge is -2.22. The Morgan fingerprint density at radius 3 is 2.76 bits per heavy atom. The summed E-state index contributed by atoms with van der Waals surface area (Å²) in [6.45, 7) is 4.51. The maximum Gasteiger partial charge on any atom is 0.252 e. The predicted molar refractivity (Wildman–Crippen MR) is 71.3 cm³/mol. The molecule has 0 spiro atoms. The summed E-state index contributed by atoms with van der Waals surface area (Å²) in [4.78, 5) is 11.8. The van der Waals surface area contributed by atoms with Crippen molar-refractivity contribution < 1.29 is 9.18 Å². The van der Waals surface area contributed by atoms with E-state index in [0.29, 0.717) is 6.54 Å².